The van der Waals surface area contributed by atoms with E-state index in [0.717, 1.165) is 13.2 Å². The van der Waals surface area contributed by atoms with Gasteiger partial charge in [-0.05, 0) is 31.3 Å². The van der Waals surface area contributed by atoms with E-state index in [1.54, 1.807) is 0 Å². The van der Waals surface area contributed by atoms with Crippen LogP contribution in [0.5, 0.6) is 0 Å². The maximum atomic E-state index is 5.57. The van der Waals surface area contributed by atoms with Crippen LogP contribution in [0.15, 0.2) is 0 Å². The molecule has 0 aliphatic carbocycles. The van der Waals surface area contributed by atoms with E-state index >= 15 is 0 Å². The Balaban J connectivity index is 2.89. The predicted molar refractivity (Wildman–Crippen MR) is 94.9 cm³/mol. The molecule has 0 saturated carbocycles. The highest BCUT2D eigenvalue weighted by molar-refractivity contribution is 7.98. The first kappa shape index (κ1) is 20.3. The molecule has 0 amide bonds. The molecule has 0 aromatic heterocycles. The van der Waals surface area contributed by atoms with Crippen molar-refractivity contribution < 1.29 is 4.74 Å². The lowest BCUT2D eigenvalue weighted by Gasteiger charge is -2.04. The van der Waals surface area contributed by atoms with E-state index in [9.17, 15) is 0 Å². The highest BCUT2D eigenvalue weighted by atomic mass is 32.2. The van der Waals surface area contributed by atoms with Gasteiger partial charge < -0.3 is 4.74 Å². The van der Waals surface area contributed by atoms with Gasteiger partial charge in [-0.3, -0.25) is 0 Å². The van der Waals surface area contributed by atoms with Gasteiger partial charge in [0.25, 0.3) is 0 Å². The van der Waals surface area contributed by atoms with Crippen LogP contribution in [-0.2, 0) is 4.74 Å². The summed E-state index contributed by atoms with van der Waals surface area (Å²) in [5.74, 6) is 1.35. The first-order valence-electron chi connectivity index (χ1n) is 8.98. The van der Waals surface area contributed by atoms with Gasteiger partial charge in [-0.25, -0.2) is 0 Å². The van der Waals surface area contributed by atoms with E-state index in [1.165, 1.54) is 89.2 Å². The van der Waals surface area contributed by atoms with Gasteiger partial charge in [0, 0.05) is 13.2 Å². The van der Waals surface area contributed by atoms with Crippen molar-refractivity contribution in [1.82, 2.24) is 0 Å². The van der Waals surface area contributed by atoms with E-state index < -0.39 is 0 Å². The van der Waals surface area contributed by atoms with E-state index in [1.807, 2.05) is 11.8 Å². The first-order valence-corrected chi connectivity index (χ1v) is 10.4. The summed E-state index contributed by atoms with van der Waals surface area (Å²) >= 11 is 1.98. The topological polar surface area (TPSA) is 9.23 Å². The Morgan fingerprint density at radius 3 is 1.55 bits per heavy atom. The largest absolute Gasteiger partial charge is 0.381 e. The lowest BCUT2D eigenvalue weighted by molar-refractivity contribution is 0.127. The standard InChI is InChI=1S/C18H38OS/c1-3-4-16-19-17-14-12-10-8-6-5-7-9-11-13-15-18-20-2/h3-18H2,1-2H3. The molecular formula is C18H38OS. The van der Waals surface area contributed by atoms with Crippen LogP contribution in [0, 0.1) is 0 Å². The van der Waals surface area contributed by atoms with E-state index in [4.69, 9.17) is 4.74 Å². The lowest BCUT2D eigenvalue weighted by Crippen LogP contribution is -1.96. The molecule has 0 fully saturated rings. The fraction of sp³-hybridized carbons (Fsp3) is 1.00. The summed E-state index contributed by atoms with van der Waals surface area (Å²) in [6, 6.07) is 0. The Kier molecular flexibility index (Phi) is 19.6. The quantitative estimate of drug-likeness (QED) is 0.285. The summed E-state index contributed by atoms with van der Waals surface area (Å²) in [5.41, 5.74) is 0. The average Bonchev–Trinajstić information content (AvgIpc) is 2.47. The van der Waals surface area contributed by atoms with Crippen molar-refractivity contribution in [2.24, 2.45) is 0 Å². The molecule has 0 aromatic carbocycles. The zero-order chi connectivity index (χ0) is 14.7. The lowest BCUT2D eigenvalue weighted by atomic mass is 10.1. The Bertz CT molecular complexity index is 143. The van der Waals surface area contributed by atoms with Gasteiger partial charge in [-0.15, -0.1) is 0 Å². The number of hydrogen-bond donors (Lipinski definition) is 0. The Morgan fingerprint density at radius 1 is 0.600 bits per heavy atom. The molecule has 2 heteroatoms. The third-order valence-corrected chi connectivity index (χ3v) is 4.48. The van der Waals surface area contributed by atoms with Crippen molar-refractivity contribution >= 4 is 11.8 Å². The van der Waals surface area contributed by atoms with Crippen molar-refractivity contribution in [1.29, 1.82) is 0 Å². The normalized spacial score (nSPS) is 11.1. The predicted octanol–water partition coefficient (Wildman–Crippen LogP) is 6.46. The van der Waals surface area contributed by atoms with Crippen LogP contribution in [0.25, 0.3) is 0 Å². The summed E-state index contributed by atoms with van der Waals surface area (Å²) in [6.07, 6.45) is 20.3. The van der Waals surface area contributed by atoms with Gasteiger partial charge in [0.15, 0.2) is 0 Å². The Labute approximate surface area is 132 Å². The molecule has 122 valence electrons. The van der Waals surface area contributed by atoms with Crippen LogP contribution >= 0.6 is 11.8 Å². The maximum Gasteiger partial charge on any atom is 0.0466 e. The molecule has 0 atom stereocenters. The summed E-state index contributed by atoms with van der Waals surface area (Å²) in [4.78, 5) is 0. The van der Waals surface area contributed by atoms with Crippen LogP contribution < -0.4 is 0 Å². The molecule has 0 rings (SSSR count). The summed E-state index contributed by atoms with van der Waals surface area (Å²) in [7, 11) is 0. The molecule has 0 saturated heterocycles. The van der Waals surface area contributed by atoms with E-state index in [2.05, 4.69) is 13.2 Å². The highest BCUT2D eigenvalue weighted by Crippen LogP contribution is 2.12. The van der Waals surface area contributed by atoms with Gasteiger partial charge in [0.2, 0.25) is 0 Å². The van der Waals surface area contributed by atoms with Crippen LogP contribution in [0.1, 0.15) is 90.4 Å². The Morgan fingerprint density at radius 2 is 1.05 bits per heavy atom. The molecule has 0 aromatic rings. The van der Waals surface area contributed by atoms with Gasteiger partial charge >= 0.3 is 0 Å². The second-order valence-corrected chi connectivity index (χ2v) is 6.83. The second kappa shape index (κ2) is 19.3. The van der Waals surface area contributed by atoms with E-state index in [-0.39, 0.29) is 0 Å². The van der Waals surface area contributed by atoms with Crippen LogP contribution in [0.2, 0.25) is 0 Å². The summed E-state index contributed by atoms with van der Waals surface area (Å²) in [6.45, 7) is 4.16. The third-order valence-electron chi connectivity index (χ3n) is 3.78. The second-order valence-electron chi connectivity index (χ2n) is 5.85. The molecule has 0 aliphatic rings. The first-order chi connectivity index (χ1) is 9.91. The molecule has 1 nitrogen and oxygen atoms in total. The van der Waals surface area contributed by atoms with Gasteiger partial charge in [0.05, 0.1) is 0 Å². The molecule has 0 radical (unpaired) electrons. The number of rotatable bonds is 17. The van der Waals surface area contributed by atoms with Crippen molar-refractivity contribution in [2.75, 3.05) is 25.2 Å². The molecule has 0 bridgehead atoms. The average molecular weight is 303 g/mol. The molecule has 0 N–H and O–H groups in total. The number of unbranched alkanes of at least 4 members (excludes halogenated alkanes) is 11. The molecule has 20 heavy (non-hydrogen) atoms. The van der Waals surface area contributed by atoms with Crippen LogP contribution in [-0.4, -0.2) is 25.2 Å². The monoisotopic (exact) mass is 302 g/mol. The maximum absolute atomic E-state index is 5.57. The molecule has 0 unspecified atom stereocenters. The zero-order valence-corrected chi connectivity index (χ0v) is 14.9. The molecular weight excluding hydrogens is 264 g/mol. The van der Waals surface area contributed by atoms with Crippen molar-refractivity contribution in [3.05, 3.63) is 0 Å². The minimum absolute atomic E-state index is 0.966. The fourth-order valence-electron chi connectivity index (χ4n) is 2.39. The van der Waals surface area contributed by atoms with Crippen LogP contribution in [0.3, 0.4) is 0 Å². The minimum Gasteiger partial charge on any atom is -0.381 e. The van der Waals surface area contributed by atoms with Crippen molar-refractivity contribution in [3.63, 3.8) is 0 Å². The Hall–Kier alpha value is 0.310. The number of ether oxygens (including phenoxy) is 1. The van der Waals surface area contributed by atoms with Gasteiger partial charge in [-0.1, -0.05) is 71.1 Å². The van der Waals surface area contributed by atoms with E-state index in [0.29, 0.717) is 0 Å². The molecule has 0 heterocycles. The van der Waals surface area contributed by atoms with Crippen LogP contribution in [0.4, 0.5) is 0 Å². The fourth-order valence-corrected chi connectivity index (χ4v) is 2.88. The number of hydrogen-bond acceptors (Lipinski definition) is 2. The highest BCUT2D eigenvalue weighted by Gasteiger charge is 1.94. The SMILES string of the molecule is CCCCOCCCCCCCCCCCCCSC. The van der Waals surface area contributed by atoms with Crippen molar-refractivity contribution in [3.8, 4) is 0 Å². The smallest absolute Gasteiger partial charge is 0.0466 e. The minimum atomic E-state index is 0.966. The van der Waals surface area contributed by atoms with Crippen molar-refractivity contribution in [2.45, 2.75) is 90.4 Å². The zero-order valence-electron chi connectivity index (χ0n) is 14.1. The van der Waals surface area contributed by atoms with Gasteiger partial charge in [-0.2, -0.15) is 11.8 Å². The third kappa shape index (κ3) is 18.3. The number of thioether (sulfide) groups is 1. The molecule has 0 spiro atoms. The van der Waals surface area contributed by atoms with Gasteiger partial charge in [0.1, 0.15) is 0 Å². The molecule has 0 aliphatic heterocycles. The summed E-state index contributed by atoms with van der Waals surface area (Å²) in [5, 5.41) is 0. The summed E-state index contributed by atoms with van der Waals surface area (Å²) < 4.78 is 5.57.